The molecule has 142 valence electrons. The number of nitrogens with zero attached hydrogens (tertiary/aromatic N) is 2. The minimum atomic E-state index is -0.811. The summed E-state index contributed by atoms with van der Waals surface area (Å²) >= 11 is 4.22. The second kappa shape index (κ2) is 9.25. The van der Waals surface area contributed by atoms with Crippen molar-refractivity contribution in [1.82, 2.24) is 10.2 Å². The van der Waals surface area contributed by atoms with Gasteiger partial charge in [-0.2, -0.15) is 0 Å². The summed E-state index contributed by atoms with van der Waals surface area (Å²) in [5.41, 5.74) is -0.442. The number of hydrogen-bond acceptors (Lipinski definition) is 7. The van der Waals surface area contributed by atoms with Crippen molar-refractivity contribution in [2.75, 3.05) is 17.2 Å². The molecule has 2 aromatic heterocycles. The van der Waals surface area contributed by atoms with Gasteiger partial charge in [0.05, 0.1) is 5.25 Å². The van der Waals surface area contributed by atoms with Crippen LogP contribution in [-0.4, -0.2) is 27.9 Å². The highest BCUT2D eigenvalue weighted by atomic mass is 32.2. The molecule has 0 aliphatic rings. The SMILES string of the molecule is C[C@H](Sc1nnc(NCCc2cccs2)s1)C(=O)Nc1c(F)cccc1F. The molecule has 3 rings (SSSR count). The summed E-state index contributed by atoms with van der Waals surface area (Å²) in [6, 6.07) is 7.52. The van der Waals surface area contributed by atoms with Crippen LogP contribution in [-0.2, 0) is 11.2 Å². The third-order valence-electron chi connectivity index (χ3n) is 3.49. The molecule has 0 spiro atoms. The molecule has 0 saturated carbocycles. The van der Waals surface area contributed by atoms with Crippen molar-refractivity contribution in [3.8, 4) is 0 Å². The number of para-hydroxylation sites is 1. The zero-order chi connectivity index (χ0) is 19.2. The maximum Gasteiger partial charge on any atom is 0.237 e. The van der Waals surface area contributed by atoms with Gasteiger partial charge in [0.15, 0.2) is 4.34 Å². The van der Waals surface area contributed by atoms with E-state index in [1.54, 1.807) is 18.3 Å². The summed E-state index contributed by atoms with van der Waals surface area (Å²) in [5.74, 6) is -2.13. The number of thioether (sulfide) groups is 1. The van der Waals surface area contributed by atoms with Gasteiger partial charge >= 0.3 is 0 Å². The normalized spacial score (nSPS) is 12.0. The van der Waals surface area contributed by atoms with Crippen LogP contribution in [0.15, 0.2) is 40.1 Å². The van der Waals surface area contributed by atoms with Gasteiger partial charge < -0.3 is 10.6 Å². The van der Waals surface area contributed by atoms with Crippen molar-refractivity contribution in [1.29, 1.82) is 0 Å². The van der Waals surface area contributed by atoms with Gasteiger partial charge in [-0.15, -0.1) is 21.5 Å². The molecule has 0 aliphatic carbocycles. The van der Waals surface area contributed by atoms with Crippen LogP contribution in [0.25, 0.3) is 0 Å². The molecule has 2 N–H and O–H groups in total. The van der Waals surface area contributed by atoms with Crippen LogP contribution in [0.4, 0.5) is 19.6 Å². The molecule has 0 aliphatic heterocycles. The van der Waals surface area contributed by atoms with Gasteiger partial charge in [-0.1, -0.05) is 35.2 Å². The molecule has 2 heterocycles. The fourth-order valence-corrected chi connectivity index (χ4v) is 4.75. The van der Waals surface area contributed by atoms with Gasteiger partial charge in [0.25, 0.3) is 0 Å². The molecule has 0 unspecified atom stereocenters. The number of hydrogen-bond donors (Lipinski definition) is 2. The summed E-state index contributed by atoms with van der Waals surface area (Å²) in [6.45, 7) is 2.38. The smallest absolute Gasteiger partial charge is 0.237 e. The minimum absolute atomic E-state index is 0.442. The van der Waals surface area contributed by atoms with Crippen LogP contribution in [0.5, 0.6) is 0 Å². The van der Waals surface area contributed by atoms with Gasteiger partial charge in [0.1, 0.15) is 17.3 Å². The average Bonchev–Trinajstić information content (AvgIpc) is 3.30. The highest BCUT2D eigenvalue weighted by molar-refractivity contribution is 8.02. The lowest BCUT2D eigenvalue weighted by Gasteiger charge is -2.11. The van der Waals surface area contributed by atoms with E-state index in [1.807, 2.05) is 11.4 Å². The van der Waals surface area contributed by atoms with Gasteiger partial charge in [0.2, 0.25) is 11.0 Å². The standard InChI is InChI=1S/C17H16F2N4OS3/c1-10(15(24)21-14-12(18)5-2-6-13(14)19)26-17-23-22-16(27-17)20-8-7-11-4-3-9-25-11/h2-6,9-10H,7-8H2,1H3,(H,20,22)(H,21,24)/t10-/m0/s1. The molecule has 27 heavy (non-hydrogen) atoms. The number of rotatable bonds is 8. The maximum absolute atomic E-state index is 13.6. The molecule has 0 radical (unpaired) electrons. The fourth-order valence-electron chi connectivity index (χ4n) is 2.12. The summed E-state index contributed by atoms with van der Waals surface area (Å²) in [7, 11) is 0. The quantitative estimate of drug-likeness (QED) is 0.513. The molecule has 10 heteroatoms. The van der Waals surface area contributed by atoms with Gasteiger partial charge in [0, 0.05) is 11.4 Å². The number of carbonyl (C=O) groups is 1. The largest absolute Gasteiger partial charge is 0.360 e. The van der Waals surface area contributed by atoms with E-state index in [9.17, 15) is 13.6 Å². The molecular weight excluding hydrogens is 410 g/mol. The zero-order valence-corrected chi connectivity index (χ0v) is 16.7. The van der Waals surface area contributed by atoms with Crippen LogP contribution in [0.1, 0.15) is 11.8 Å². The van der Waals surface area contributed by atoms with Crippen LogP contribution >= 0.6 is 34.4 Å². The Morgan fingerprint density at radius 1 is 1.22 bits per heavy atom. The van der Waals surface area contributed by atoms with E-state index < -0.39 is 28.5 Å². The van der Waals surface area contributed by atoms with Crippen molar-refractivity contribution >= 4 is 51.2 Å². The van der Waals surface area contributed by atoms with Crippen molar-refractivity contribution in [3.63, 3.8) is 0 Å². The first kappa shape index (κ1) is 19.7. The minimum Gasteiger partial charge on any atom is -0.360 e. The van der Waals surface area contributed by atoms with Crippen LogP contribution in [0.3, 0.4) is 0 Å². The number of amides is 1. The summed E-state index contributed by atoms with van der Waals surface area (Å²) < 4.78 is 27.9. The van der Waals surface area contributed by atoms with Crippen molar-refractivity contribution < 1.29 is 13.6 Å². The highest BCUT2D eigenvalue weighted by Crippen LogP contribution is 2.30. The van der Waals surface area contributed by atoms with E-state index >= 15 is 0 Å². The molecule has 5 nitrogen and oxygen atoms in total. The lowest BCUT2D eigenvalue weighted by atomic mass is 10.3. The van der Waals surface area contributed by atoms with E-state index in [1.165, 1.54) is 34.0 Å². The third-order valence-corrected chi connectivity index (χ3v) is 6.49. The Labute approximate surface area is 167 Å². The fraction of sp³-hybridized carbons (Fsp3) is 0.235. The molecule has 0 saturated heterocycles. The molecular formula is C17H16F2N4OS3. The van der Waals surface area contributed by atoms with E-state index in [0.29, 0.717) is 9.47 Å². The first-order valence-electron chi connectivity index (χ1n) is 8.04. The summed E-state index contributed by atoms with van der Waals surface area (Å²) in [5, 5.41) is 15.7. The number of halogens is 2. The van der Waals surface area contributed by atoms with Crippen molar-refractivity contribution in [2.45, 2.75) is 22.9 Å². The number of thiophene rings is 1. The number of nitrogens with one attached hydrogen (secondary N) is 2. The van der Waals surface area contributed by atoms with E-state index in [4.69, 9.17) is 0 Å². The number of benzene rings is 1. The van der Waals surface area contributed by atoms with Crippen molar-refractivity contribution in [2.24, 2.45) is 0 Å². The molecule has 3 aromatic rings. The van der Waals surface area contributed by atoms with Crippen molar-refractivity contribution in [3.05, 3.63) is 52.2 Å². The third kappa shape index (κ3) is 5.47. The number of aromatic nitrogens is 2. The number of anilines is 2. The Kier molecular flexibility index (Phi) is 6.75. The van der Waals surface area contributed by atoms with E-state index in [2.05, 4.69) is 26.9 Å². The van der Waals surface area contributed by atoms with Crippen LogP contribution in [0, 0.1) is 11.6 Å². The average molecular weight is 427 g/mol. The second-order valence-corrected chi connectivity index (χ2v) is 9.07. The van der Waals surface area contributed by atoms with E-state index in [0.717, 1.165) is 25.1 Å². The Hall–Kier alpha value is -2.04. The van der Waals surface area contributed by atoms with Crippen LogP contribution < -0.4 is 10.6 Å². The predicted octanol–water partition coefficient (Wildman–Crippen LogP) is 4.65. The highest BCUT2D eigenvalue weighted by Gasteiger charge is 2.20. The molecule has 1 atom stereocenters. The van der Waals surface area contributed by atoms with Gasteiger partial charge in [-0.3, -0.25) is 4.79 Å². The Bertz CT molecular complexity index is 881. The Morgan fingerprint density at radius 2 is 2.00 bits per heavy atom. The van der Waals surface area contributed by atoms with Gasteiger partial charge in [-0.25, -0.2) is 8.78 Å². The molecule has 1 aromatic carbocycles. The zero-order valence-electron chi connectivity index (χ0n) is 14.2. The van der Waals surface area contributed by atoms with Crippen LogP contribution in [0.2, 0.25) is 0 Å². The second-order valence-electron chi connectivity index (χ2n) is 5.48. The topological polar surface area (TPSA) is 66.9 Å². The molecule has 1 amide bonds. The maximum atomic E-state index is 13.6. The Balaban J connectivity index is 1.51. The lowest BCUT2D eigenvalue weighted by Crippen LogP contribution is -2.23. The molecule has 0 fully saturated rings. The summed E-state index contributed by atoms with van der Waals surface area (Å²) in [6.07, 6.45) is 0.896. The Morgan fingerprint density at radius 3 is 2.70 bits per heavy atom. The summed E-state index contributed by atoms with van der Waals surface area (Å²) in [4.78, 5) is 13.5. The number of carbonyl (C=O) groups excluding carboxylic acids is 1. The van der Waals surface area contributed by atoms with Gasteiger partial charge in [-0.05, 0) is 36.9 Å². The lowest BCUT2D eigenvalue weighted by molar-refractivity contribution is -0.115. The predicted molar refractivity (Wildman–Crippen MR) is 107 cm³/mol. The molecule has 0 bridgehead atoms. The monoisotopic (exact) mass is 426 g/mol. The first-order valence-corrected chi connectivity index (χ1v) is 10.6. The van der Waals surface area contributed by atoms with E-state index in [-0.39, 0.29) is 0 Å². The first-order chi connectivity index (χ1) is 13.0.